The summed E-state index contributed by atoms with van der Waals surface area (Å²) in [6.45, 7) is 0.0592. The zero-order valence-electron chi connectivity index (χ0n) is 13.1. The number of carbonyl (C=O) groups is 1. The molecule has 0 atom stereocenters. The van der Waals surface area contributed by atoms with Crippen LogP contribution in [0.1, 0.15) is 20.9 Å². The van der Waals surface area contributed by atoms with Crippen LogP contribution in [-0.2, 0) is 6.42 Å². The monoisotopic (exact) mass is 337 g/mol. The topological polar surface area (TPSA) is 48.4 Å². The number of rotatable bonds is 4. The molecule has 0 spiro atoms. The summed E-state index contributed by atoms with van der Waals surface area (Å²) in [7, 11) is 1.56. The van der Waals surface area contributed by atoms with Gasteiger partial charge in [0.25, 0.3) is 0 Å². The maximum Gasteiger partial charge on any atom is 0.207 e. The second-order valence-corrected chi connectivity index (χ2v) is 6.46. The quantitative estimate of drug-likeness (QED) is 0.722. The third-order valence-corrected chi connectivity index (χ3v) is 4.84. The van der Waals surface area contributed by atoms with Gasteiger partial charge in [0.2, 0.25) is 5.78 Å². The maximum absolute atomic E-state index is 12.1. The molecule has 0 bridgehead atoms. The van der Waals surface area contributed by atoms with Gasteiger partial charge in [-0.1, -0.05) is 30.3 Å². The molecular weight excluding hydrogens is 322 g/mol. The summed E-state index contributed by atoms with van der Waals surface area (Å²) in [6, 6.07) is 13.9. The molecule has 1 aromatic heterocycles. The Labute approximate surface area is 143 Å². The summed E-state index contributed by atoms with van der Waals surface area (Å²) >= 11 is 1.61. The number of Topliss-reactive ketones (excluding diaryl/α,β-unsaturated/α-hetero) is 1. The van der Waals surface area contributed by atoms with Gasteiger partial charge in [-0.2, -0.15) is 0 Å². The first kappa shape index (κ1) is 14.9. The van der Waals surface area contributed by atoms with Gasteiger partial charge in [-0.05, 0) is 17.7 Å². The van der Waals surface area contributed by atoms with Crippen LogP contribution in [0.15, 0.2) is 47.8 Å². The molecule has 24 heavy (non-hydrogen) atoms. The van der Waals surface area contributed by atoms with E-state index in [1.54, 1.807) is 24.5 Å². The molecule has 0 amide bonds. The van der Waals surface area contributed by atoms with Crippen molar-refractivity contribution < 1.29 is 14.3 Å². The fraction of sp³-hybridized carbons (Fsp3) is 0.158. The van der Waals surface area contributed by atoms with Gasteiger partial charge in [0.1, 0.15) is 17.1 Å². The predicted octanol–water partition coefficient (Wildman–Crippen LogP) is 3.98. The molecule has 4 nitrogen and oxygen atoms in total. The first-order valence-electron chi connectivity index (χ1n) is 7.62. The molecule has 0 saturated carbocycles. The molecular formula is C19H15NO3S. The van der Waals surface area contributed by atoms with Crippen LogP contribution in [0, 0.1) is 0 Å². The number of hydrogen-bond donors (Lipinski definition) is 0. The van der Waals surface area contributed by atoms with Gasteiger partial charge in [0.15, 0.2) is 6.61 Å². The van der Waals surface area contributed by atoms with Crippen LogP contribution in [-0.4, -0.2) is 24.5 Å². The minimum atomic E-state index is -0.0524. The van der Waals surface area contributed by atoms with E-state index in [4.69, 9.17) is 14.5 Å². The van der Waals surface area contributed by atoms with Gasteiger partial charge in [-0.25, -0.2) is 4.98 Å². The Hall–Kier alpha value is -2.66. The lowest BCUT2D eigenvalue weighted by Crippen LogP contribution is -2.00. The molecule has 2 heterocycles. The average Bonchev–Trinajstić information content (AvgIpc) is 3.23. The van der Waals surface area contributed by atoms with Crippen molar-refractivity contribution in [1.29, 1.82) is 0 Å². The lowest BCUT2D eigenvalue weighted by atomic mass is 10.0. The lowest BCUT2D eigenvalue weighted by molar-refractivity contribution is 0.0959. The summed E-state index contributed by atoms with van der Waals surface area (Å²) in [5.74, 6) is 1.08. The Morgan fingerprint density at radius 1 is 1.21 bits per heavy atom. The lowest BCUT2D eigenvalue weighted by Gasteiger charge is -2.08. The SMILES string of the molecule is COc1ccc(-c2csc(Cc3ccccc3)n2)c2c1C(=O)CO2. The van der Waals surface area contributed by atoms with Crippen molar-refractivity contribution in [2.24, 2.45) is 0 Å². The number of benzene rings is 2. The molecule has 0 N–H and O–H groups in total. The molecule has 0 saturated heterocycles. The maximum atomic E-state index is 12.1. The zero-order valence-corrected chi connectivity index (χ0v) is 13.9. The largest absolute Gasteiger partial charge is 0.496 e. The van der Waals surface area contributed by atoms with E-state index in [0.717, 1.165) is 22.7 Å². The van der Waals surface area contributed by atoms with Gasteiger partial charge in [-0.15, -0.1) is 11.3 Å². The fourth-order valence-electron chi connectivity index (χ4n) is 2.85. The van der Waals surface area contributed by atoms with E-state index in [1.807, 2.05) is 29.6 Å². The van der Waals surface area contributed by atoms with Gasteiger partial charge < -0.3 is 9.47 Å². The summed E-state index contributed by atoms with van der Waals surface area (Å²) in [5, 5.41) is 3.04. The van der Waals surface area contributed by atoms with Crippen molar-refractivity contribution in [2.45, 2.75) is 6.42 Å². The highest BCUT2D eigenvalue weighted by atomic mass is 32.1. The van der Waals surface area contributed by atoms with E-state index in [0.29, 0.717) is 17.1 Å². The molecule has 1 aliphatic rings. The molecule has 120 valence electrons. The molecule has 0 fully saturated rings. The summed E-state index contributed by atoms with van der Waals surface area (Å²) in [5.41, 5.74) is 3.42. The first-order chi connectivity index (χ1) is 11.8. The second kappa shape index (κ2) is 6.09. The van der Waals surface area contributed by atoms with Crippen LogP contribution in [0.5, 0.6) is 11.5 Å². The normalized spacial score (nSPS) is 12.8. The van der Waals surface area contributed by atoms with Crippen LogP contribution in [0.4, 0.5) is 0 Å². The Kier molecular flexibility index (Phi) is 3.78. The van der Waals surface area contributed by atoms with E-state index in [-0.39, 0.29) is 12.4 Å². The molecule has 2 aromatic carbocycles. The Morgan fingerprint density at radius 2 is 2.04 bits per heavy atom. The summed E-state index contributed by atoms with van der Waals surface area (Å²) in [6.07, 6.45) is 0.795. The molecule has 0 unspecified atom stereocenters. The van der Waals surface area contributed by atoms with Gasteiger partial charge in [0.05, 0.1) is 17.8 Å². The van der Waals surface area contributed by atoms with Crippen LogP contribution in [0.3, 0.4) is 0 Å². The summed E-state index contributed by atoms with van der Waals surface area (Å²) < 4.78 is 10.9. The highest BCUT2D eigenvalue weighted by Gasteiger charge is 2.29. The Morgan fingerprint density at radius 3 is 2.83 bits per heavy atom. The van der Waals surface area contributed by atoms with Crippen molar-refractivity contribution >= 4 is 17.1 Å². The summed E-state index contributed by atoms with van der Waals surface area (Å²) in [4.78, 5) is 16.8. The third-order valence-electron chi connectivity index (χ3n) is 3.99. The first-order valence-corrected chi connectivity index (χ1v) is 8.50. The van der Waals surface area contributed by atoms with Crippen molar-refractivity contribution in [2.75, 3.05) is 13.7 Å². The molecule has 5 heteroatoms. The fourth-order valence-corrected chi connectivity index (χ4v) is 3.67. The number of fused-ring (bicyclic) bond motifs is 1. The number of nitrogens with zero attached hydrogens (tertiary/aromatic N) is 1. The highest BCUT2D eigenvalue weighted by Crippen LogP contribution is 2.42. The van der Waals surface area contributed by atoms with Crippen molar-refractivity contribution in [3.63, 3.8) is 0 Å². The number of methoxy groups -OCH3 is 1. The minimum absolute atomic E-state index is 0.0524. The van der Waals surface area contributed by atoms with Gasteiger partial charge in [0, 0.05) is 17.4 Å². The van der Waals surface area contributed by atoms with Crippen LogP contribution < -0.4 is 9.47 Å². The van der Waals surface area contributed by atoms with Gasteiger partial charge in [-0.3, -0.25) is 4.79 Å². The number of carbonyl (C=O) groups excluding carboxylic acids is 1. The Bertz CT molecular complexity index is 902. The van der Waals surface area contributed by atoms with E-state index in [1.165, 1.54) is 5.56 Å². The smallest absolute Gasteiger partial charge is 0.207 e. The average molecular weight is 337 g/mol. The standard InChI is InChI=1S/C19H15NO3S/c1-22-16-8-7-13(19-18(16)15(21)10-23-19)14-11-24-17(20-14)9-12-5-3-2-4-6-12/h2-8,11H,9-10H2,1H3. The third kappa shape index (κ3) is 2.57. The molecule has 3 aromatic rings. The number of ether oxygens (including phenoxy) is 2. The van der Waals surface area contributed by atoms with Crippen molar-refractivity contribution in [1.82, 2.24) is 4.98 Å². The number of hydrogen-bond acceptors (Lipinski definition) is 5. The minimum Gasteiger partial charge on any atom is -0.496 e. The van der Waals surface area contributed by atoms with Crippen molar-refractivity contribution in [3.05, 3.63) is 64.0 Å². The van der Waals surface area contributed by atoms with Crippen LogP contribution >= 0.6 is 11.3 Å². The highest BCUT2D eigenvalue weighted by molar-refractivity contribution is 7.10. The van der Waals surface area contributed by atoms with E-state index in [2.05, 4.69) is 12.1 Å². The number of ketones is 1. The Balaban J connectivity index is 1.70. The molecule has 4 rings (SSSR count). The zero-order chi connectivity index (χ0) is 16.5. The number of aromatic nitrogens is 1. The predicted molar refractivity (Wildman–Crippen MR) is 93.2 cm³/mol. The van der Waals surface area contributed by atoms with Crippen molar-refractivity contribution in [3.8, 4) is 22.8 Å². The molecule has 0 radical (unpaired) electrons. The van der Waals surface area contributed by atoms with E-state index < -0.39 is 0 Å². The number of thiazole rings is 1. The second-order valence-electron chi connectivity index (χ2n) is 5.52. The van der Waals surface area contributed by atoms with Crippen LogP contribution in [0.25, 0.3) is 11.3 Å². The molecule has 1 aliphatic heterocycles. The van der Waals surface area contributed by atoms with Crippen LogP contribution in [0.2, 0.25) is 0 Å². The van der Waals surface area contributed by atoms with Gasteiger partial charge >= 0.3 is 0 Å². The molecule has 0 aliphatic carbocycles. The van der Waals surface area contributed by atoms with E-state index in [9.17, 15) is 4.79 Å². The van der Waals surface area contributed by atoms with E-state index >= 15 is 0 Å².